The number of aromatic hydroxyl groups is 1. The molecule has 0 bridgehead atoms. The second-order valence-electron chi connectivity index (χ2n) is 3.99. The molecule has 2 N–H and O–H groups in total. The van der Waals surface area contributed by atoms with Crippen LogP contribution in [0.3, 0.4) is 0 Å². The smallest absolute Gasteiger partial charge is 0.165 e. The minimum atomic E-state index is -0.618. The van der Waals surface area contributed by atoms with Crippen LogP contribution >= 0.6 is 15.9 Å². The molecule has 0 saturated heterocycles. The molecule has 0 amide bonds. The topological polar surface area (TPSA) is 41.5 Å². The number of phenols is 1. The van der Waals surface area contributed by atoms with Gasteiger partial charge in [-0.15, -0.1) is 0 Å². The zero-order valence-electron chi connectivity index (χ0n) is 10.3. The van der Waals surface area contributed by atoms with Gasteiger partial charge in [-0.2, -0.15) is 0 Å². The maximum atomic E-state index is 13.2. The second kappa shape index (κ2) is 5.93. The first-order chi connectivity index (χ1) is 9.10. The van der Waals surface area contributed by atoms with Gasteiger partial charge in [0, 0.05) is 18.3 Å². The van der Waals surface area contributed by atoms with E-state index in [0.29, 0.717) is 6.54 Å². The van der Waals surface area contributed by atoms with Crippen LogP contribution in [-0.2, 0) is 6.54 Å². The fraction of sp³-hybridized carbons (Fsp3) is 0.143. The molecule has 2 aromatic carbocycles. The highest BCUT2D eigenvalue weighted by atomic mass is 79.9. The summed E-state index contributed by atoms with van der Waals surface area (Å²) in [4.78, 5) is 0. The van der Waals surface area contributed by atoms with Gasteiger partial charge in [-0.3, -0.25) is 0 Å². The Morgan fingerprint density at radius 1 is 1.26 bits per heavy atom. The number of methoxy groups -OCH3 is 1. The summed E-state index contributed by atoms with van der Waals surface area (Å²) in [5.74, 6) is -0.233. The van der Waals surface area contributed by atoms with E-state index in [4.69, 9.17) is 9.84 Å². The summed E-state index contributed by atoms with van der Waals surface area (Å²) < 4.78 is 19.2. The number of halogens is 2. The van der Waals surface area contributed by atoms with Crippen molar-refractivity contribution in [3.63, 3.8) is 0 Å². The Morgan fingerprint density at radius 3 is 2.74 bits per heavy atom. The van der Waals surface area contributed by atoms with E-state index >= 15 is 0 Å². The maximum absolute atomic E-state index is 13.2. The van der Waals surface area contributed by atoms with Crippen LogP contribution in [0, 0.1) is 5.82 Å². The summed E-state index contributed by atoms with van der Waals surface area (Å²) in [6.07, 6.45) is 0. The van der Waals surface area contributed by atoms with Crippen LogP contribution in [0.15, 0.2) is 40.9 Å². The molecule has 0 atom stereocenters. The molecule has 0 spiro atoms. The van der Waals surface area contributed by atoms with E-state index in [9.17, 15) is 4.39 Å². The Kier molecular flexibility index (Phi) is 4.27. The molecule has 5 heteroatoms. The highest BCUT2D eigenvalue weighted by molar-refractivity contribution is 9.10. The van der Waals surface area contributed by atoms with E-state index in [1.54, 1.807) is 13.2 Å². The summed E-state index contributed by atoms with van der Waals surface area (Å²) in [6.45, 7) is 0.460. The Bertz CT molecular complexity index is 590. The standard InChI is InChI=1S/C14H13BrFNO2/c1-19-14-7-10(3-4-11(14)15)17-8-9-2-5-13(18)12(16)6-9/h2-7,17-18H,8H2,1H3. The van der Waals surface area contributed by atoms with Crippen molar-refractivity contribution in [3.05, 3.63) is 52.3 Å². The molecular formula is C14H13BrFNO2. The molecule has 0 fully saturated rings. The van der Waals surface area contributed by atoms with E-state index < -0.39 is 5.82 Å². The van der Waals surface area contributed by atoms with Gasteiger partial charge in [0.2, 0.25) is 0 Å². The van der Waals surface area contributed by atoms with Gasteiger partial charge in [-0.1, -0.05) is 6.07 Å². The van der Waals surface area contributed by atoms with E-state index in [1.165, 1.54) is 12.1 Å². The van der Waals surface area contributed by atoms with Gasteiger partial charge < -0.3 is 15.2 Å². The van der Waals surface area contributed by atoms with E-state index in [-0.39, 0.29) is 5.75 Å². The Morgan fingerprint density at radius 2 is 2.05 bits per heavy atom. The van der Waals surface area contributed by atoms with Gasteiger partial charge in [0.05, 0.1) is 11.6 Å². The molecule has 2 aromatic rings. The van der Waals surface area contributed by atoms with Crippen LogP contribution in [0.5, 0.6) is 11.5 Å². The Labute approximate surface area is 119 Å². The van der Waals surface area contributed by atoms with Crippen molar-refractivity contribution < 1.29 is 14.2 Å². The van der Waals surface area contributed by atoms with E-state index in [0.717, 1.165) is 21.5 Å². The third-order valence-electron chi connectivity index (χ3n) is 2.66. The van der Waals surface area contributed by atoms with E-state index in [1.807, 2.05) is 18.2 Å². The van der Waals surface area contributed by atoms with Crippen LogP contribution in [0.2, 0.25) is 0 Å². The number of nitrogens with one attached hydrogen (secondary N) is 1. The number of hydrogen-bond acceptors (Lipinski definition) is 3. The number of phenolic OH excluding ortho intramolecular Hbond substituents is 1. The van der Waals surface area contributed by atoms with Gasteiger partial charge in [0.1, 0.15) is 5.75 Å². The molecule has 0 aliphatic carbocycles. The molecule has 100 valence electrons. The monoisotopic (exact) mass is 325 g/mol. The van der Waals surface area contributed by atoms with Crippen LogP contribution in [0.1, 0.15) is 5.56 Å². The van der Waals surface area contributed by atoms with Crippen molar-refractivity contribution in [2.45, 2.75) is 6.54 Å². The second-order valence-corrected chi connectivity index (χ2v) is 4.84. The molecule has 0 radical (unpaired) electrons. The maximum Gasteiger partial charge on any atom is 0.165 e. The molecule has 2 rings (SSSR count). The molecule has 0 aliphatic heterocycles. The number of anilines is 1. The largest absolute Gasteiger partial charge is 0.505 e. The zero-order chi connectivity index (χ0) is 13.8. The van der Waals surface area contributed by atoms with Crippen molar-refractivity contribution in [1.29, 1.82) is 0 Å². The lowest BCUT2D eigenvalue weighted by atomic mass is 10.2. The van der Waals surface area contributed by atoms with Crippen molar-refractivity contribution in [3.8, 4) is 11.5 Å². The SMILES string of the molecule is COc1cc(NCc2ccc(O)c(F)c2)ccc1Br. The van der Waals surface area contributed by atoms with Crippen LogP contribution in [0.25, 0.3) is 0 Å². The number of benzene rings is 2. The first-order valence-electron chi connectivity index (χ1n) is 5.65. The van der Waals surface area contributed by atoms with Crippen LogP contribution in [0.4, 0.5) is 10.1 Å². The lowest BCUT2D eigenvalue weighted by Crippen LogP contribution is -2.00. The zero-order valence-corrected chi connectivity index (χ0v) is 11.9. The highest BCUT2D eigenvalue weighted by Crippen LogP contribution is 2.28. The number of hydrogen-bond donors (Lipinski definition) is 2. The van der Waals surface area contributed by atoms with Crippen molar-refractivity contribution >= 4 is 21.6 Å². The molecule has 19 heavy (non-hydrogen) atoms. The summed E-state index contributed by atoms with van der Waals surface area (Å²) in [5.41, 5.74) is 1.62. The summed E-state index contributed by atoms with van der Waals surface area (Å²) >= 11 is 3.37. The summed E-state index contributed by atoms with van der Waals surface area (Å²) in [5, 5.41) is 12.3. The van der Waals surface area contributed by atoms with Crippen molar-refractivity contribution in [2.24, 2.45) is 0 Å². The van der Waals surface area contributed by atoms with Crippen molar-refractivity contribution in [1.82, 2.24) is 0 Å². The highest BCUT2D eigenvalue weighted by Gasteiger charge is 2.03. The summed E-state index contributed by atoms with van der Waals surface area (Å²) in [6, 6.07) is 9.93. The fourth-order valence-corrected chi connectivity index (χ4v) is 2.04. The van der Waals surface area contributed by atoms with Gasteiger partial charge in [-0.05, 0) is 45.8 Å². The Balaban J connectivity index is 2.07. The quantitative estimate of drug-likeness (QED) is 0.895. The fourth-order valence-electron chi connectivity index (χ4n) is 1.63. The minimum Gasteiger partial charge on any atom is -0.505 e. The van der Waals surface area contributed by atoms with Gasteiger partial charge in [0.15, 0.2) is 11.6 Å². The van der Waals surface area contributed by atoms with Crippen LogP contribution < -0.4 is 10.1 Å². The minimum absolute atomic E-state index is 0.339. The third kappa shape index (κ3) is 3.38. The normalized spacial score (nSPS) is 10.3. The van der Waals surface area contributed by atoms with Crippen molar-refractivity contribution in [2.75, 3.05) is 12.4 Å². The third-order valence-corrected chi connectivity index (χ3v) is 3.31. The molecule has 0 aliphatic rings. The molecule has 3 nitrogen and oxygen atoms in total. The molecule has 0 aromatic heterocycles. The van der Waals surface area contributed by atoms with Gasteiger partial charge in [-0.25, -0.2) is 4.39 Å². The first-order valence-corrected chi connectivity index (χ1v) is 6.44. The molecular weight excluding hydrogens is 313 g/mol. The van der Waals surface area contributed by atoms with Crippen LogP contribution in [-0.4, -0.2) is 12.2 Å². The average molecular weight is 326 g/mol. The lowest BCUT2D eigenvalue weighted by Gasteiger charge is -2.10. The molecule has 0 unspecified atom stereocenters. The number of ether oxygens (including phenoxy) is 1. The first kappa shape index (κ1) is 13.7. The summed E-state index contributed by atoms with van der Waals surface area (Å²) in [7, 11) is 1.60. The predicted octanol–water partition coefficient (Wildman–Crippen LogP) is 3.91. The van der Waals surface area contributed by atoms with Gasteiger partial charge in [0.25, 0.3) is 0 Å². The van der Waals surface area contributed by atoms with Gasteiger partial charge >= 0.3 is 0 Å². The molecule has 0 saturated carbocycles. The average Bonchev–Trinajstić information content (AvgIpc) is 2.41. The predicted molar refractivity (Wildman–Crippen MR) is 76.1 cm³/mol. The molecule has 0 heterocycles. The Hall–Kier alpha value is -1.75. The lowest BCUT2D eigenvalue weighted by molar-refractivity contribution is 0.412. The number of rotatable bonds is 4. The van der Waals surface area contributed by atoms with E-state index in [2.05, 4.69) is 21.2 Å².